The van der Waals surface area contributed by atoms with E-state index in [9.17, 15) is 4.79 Å². The smallest absolute Gasteiger partial charge is 0.410 e. The van der Waals surface area contributed by atoms with Gasteiger partial charge >= 0.3 is 6.09 Å². The maximum Gasteiger partial charge on any atom is 0.410 e. The van der Waals surface area contributed by atoms with Crippen LogP contribution < -0.4 is 5.32 Å². The van der Waals surface area contributed by atoms with Crippen molar-refractivity contribution < 1.29 is 9.53 Å². The molecule has 1 spiro atoms. The summed E-state index contributed by atoms with van der Waals surface area (Å²) in [6, 6.07) is 0. The Morgan fingerprint density at radius 1 is 1.31 bits per heavy atom. The van der Waals surface area contributed by atoms with E-state index in [1.165, 1.54) is 0 Å². The summed E-state index contributed by atoms with van der Waals surface area (Å²) in [5.74, 6) is 0. The highest BCUT2D eigenvalue weighted by molar-refractivity contribution is 5.72. The van der Waals surface area contributed by atoms with Gasteiger partial charge in [-0.1, -0.05) is 0 Å². The van der Waals surface area contributed by atoms with Gasteiger partial charge in [0.25, 0.3) is 0 Å². The first-order valence-electron chi connectivity index (χ1n) is 6.14. The molecule has 2 fully saturated rings. The van der Waals surface area contributed by atoms with Crippen LogP contribution in [-0.2, 0) is 4.74 Å². The SMILES string of the molecule is CC(C)(C)N1C(=O)OCC12CCCNCC2. The molecular formula is C12H22N2O2. The normalized spacial score (nSPS) is 31.7. The molecule has 16 heavy (non-hydrogen) atoms. The number of hydrogen-bond donors (Lipinski definition) is 1. The monoisotopic (exact) mass is 226 g/mol. The van der Waals surface area contributed by atoms with E-state index in [2.05, 4.69) is 26.1 Å². The van der Waals surface area contributed by atoms with Crippen molar-refractivity contribution >= 4 is 6.09 Å². The second-order valence-electron chi connectivity index (χ2n) is 5.89. The molecule has 2 rings (SSSR count). The molecule has 0 saturated carbocycles. The number of rotatable bonds is 0. The van der Waals surface area contributed by atoms with Crippen LogP contribution in [0.2, 0.25) is 0 Å². The van der Waals surface area contributed by atoms with Gasteiger partial charge in [0.1, 0.15) is 6.61 Å². The Bertz CT molecular complexity index is 275. The van der Waals surface area contributed by atoms with Gasteiger partial charge in [0.15, 0.2) is 0 Å². The Hall–Kier alpha value is -0.770. The van der Waals surface area contributed by atoms with Crippen LogP contribution in [0.3, 0.4) is 0 Å². The fourth-order valence-corrected chi connectivity index (χ4v) is 2.99. The lowest BCUT2D eigenvalue weighted by Crippen LogP contribution is -2.56. The van der Waals surface area contributed by atoms with Crippen LogP contribution in [0.15, 0.2) is 0 Å². The van der Waals surface area contributed by atoms with Gasteiger partial charge in [0, 0.05) is 5.54 Å². The largest absolute Gasteiger partial charge is 0.447 e. The molecule has 0 aliphatic carbocycles. The predicted octanol–water partition coefficient (Wildman–Crippen LogP) is 1.75. The third-order valence-electron chi connectivity index (χ3n) is 3.55. The highest BCUT2D eigenvalue weighted by Gasteiger charge is 2.51. The Balaban J connectivity index is 2.27. The summed E-state index contributed by atoms with van der Waals surface area (Å²) >= 11 is 0. The van der Waals surface area contributed by atoms with Crippen LogP contribution in [-0.4, -0.2) is 41.8 Å². The molecule has 1 amide bonds. The van der Waals surface area contributed by atoms with Gasteiger partial charge in [-0.2, -0.15) is 0 Å². The van der Waals surface area contributed by atoms with Crippen LogP contribution in [0.5, 0.6) is 0 Å². The minimum Gasteiger partial charge on any atom is -0.447 e. The predicted molar refractivity (Wildman–Crippen MR) is 62.4 cm³/mol. The second kappa shape index (κ2) is 3.91. The van der Waals surface area contributed by atoms with E-state index in [4.69, 9.17) is 4.74 Å². The summed E-state index contributed by atoms with van der Waals surface area (Å²) in [5, 5.41) is 3.39. The van der Waals surface area contributed by atoms with E-state index in [-0.39, 0.29) is 17.2 Å². The average molecular weight is 226 g/mol. The maximum absolute atomic E-state index is 11.9. The molecule has 1 unspecified atom stereocenters. The van der Waals surface area contributed by atoms with E-state index in [1.807, 2.05) is 4.90 Å². The Morgan fingerprint density at radius 3 is 2.75 bits per heavy atom. The molecule has 2 heterocycles. The molecule has 4 nitrogen and oxygen atoms in total. The molecule has 2 saturated heterocycles. The minimum atomic E-state index is -0.155. The molecule has 4 heteroatoms. The summed E-state index contributed by atoms with van der Waals surface area (Å²) in [6.45, 7) is 8.83. The van der Waals surface area contributed by atoms with Crippen LogP contribution >= 0.6 is 0 Å². The van der Waals surface area contributed by atoms with Crippen molar-refractivity contribution in [1.29, 1.82) is 0 Å². The summed E-state index contributed by atoms with van der Waals surface area (Å²) in [7, 11) is 0. The first kappa shape index (κ1) is 11.7. The highest BCUT2D eigenvalue weighted by atomic mass is 16.6. The summed E-state index contributed by atoms with van der Waals surface area (Å²) in [6.07, 6.45) is 3.01. The van der Waals surface area contributed by atoms with Crippen molar-refractivity contribution in [2.45, 2.75) is 51.1 Å². The Labute approximate surface area is 97.3 Å². The number of ether oxygens (including phenoxy) is 1. The van der Waals surface area contributed by atoms with Crippen molar-refractivity contribution in [2.75, 3.05) is 19.7 Å². The summed E-state index contributed by atoms with van der Waals surface area (Å²) in [5.41, 5.74) is -0.225. The summed E-state index contributed by atoms with van der Waals surface area (Å²) in [4.78, 5) is 13.9. The van der Waals surface area contributed by atoms with E-state index in [1.54, 1.807) is 0 Å². The fourth-order valence-electron chi connectivity index (χ4n) is 2.99. The molecular weight excluding hydrogens is 204 g/mol. The average Bonchev–Trinajstić information content (AvgIpc) is 2.36. The Morgan fingerprint density at radius 2 is 2.06 bits per heavy atom. The van der Waals surface area contributed by atoms with Gasteiger partial charge in [0.2, 0.25) is 0 Å². The number of cyclic esters (lactones) is 1. The van der Waals surface area contributed by atoms with Gasteiger partial charge in [-0.05, 0) is 53.1 Å². The first-order chi connectivity index (χ1) is 7.46. The van der Waals surface area contributed by atoms with Gasteiger partial charge < -0.3 is 10.1 Å². The number of nitrogens with one attached hydrogen (secondary N) is 1. The number of nitrogens with zero attached hydrogens (tertiary/aromatic N) is 1. The quantitative estimate of drug-likeness (QED) is 0.684. The van der Waals surface area contributed by atoms with E-state index >= 15 is 0 Å². The summed E-state index contributed by atoms with van der Waals surface area (Å²) < 4.78 is 5.30. The zero-order valence-electron chi connectivity index (χ0n) is 10.5. The third kappa shape index (κ3) is 1.90. The zero-order valence-corrected chi connectivity index (χ0v) is 10.5. The lowest BCUT2D eigenvalue weighted by molar-refractivity contribution is 0.0696. The molecule has 0 bridgehead atoms. The topological polar surface area (TPSA) is 41.6 Å². The van der Waals surface area contributed by atoms with Crippen molar-refractivity contribution in [3.05, 3.63) is 0 Å². The minimum absolute atomic E-state index is 0.0706. The van der Waals surface area contributed by atoms with Crippen LogP contribution in [0, 0.1) is 0 Å². The fraction of sp³-hybridized carbons (Fsp3) is 0.917. The van der Waals surface area contributed by atoms with Crippen molar-refractivity contribution in [2.24, 2.45) is 0 Å². The van der Waals surface area contributed by atoms with E-state index in [0.29, 0.717) is 6.61 Å². The highest BCUT2D eigenvalue weighted by Crippen LogP contribution is 2.38. The van der Waals surface area contributed by atoms with Crippen LogP contribution in [0.25, 0.3) is 0 Å². The van der Waals surface area contributed by atoms with Gasteiger partial charge in [-0.25, -0.2) is 4.79 Å². The molecule has 0 aromatic rings. The van der Waals surface area contributed by atoms with Gasteiger partial charge in [-0.3, -0.25) is 4.90 Å². The molecule has 2 aliphatic rings. The number of amides is 1. The van der Waals surface area contributed by atoms with Crippen molar-refractivity contribution in [1.82, 2.24) is 10.2 Å². The third-order valence-corrected chi connectivity index (χ3v) is 3.55. The second-order valence-corrected chi connectivity index (χ2v) is 5.89. The van der Waals surface area contributed by atoms with Gasteiger partial charge in [0.05, 0.1) is 5.54 Å². The standard InChI is InChI=1S/C12H22N2O2/c1-11(2,3)14-10(15)16-9-12(14)5-4-7-13-8-6-12/h13H,4-9H2,1-3H3. The van der Waals surface area contributed by atoms with E-state index < -0.39 is 0 Å². The lowest BCUT2D eigenvalue weighted by atomic mass is 9.86. The van der Waals surface area contributed by atoms with Crippen molar-refractivity contribution in [3.63, 3.8) is 0 Å². The van der Waals surface area contributed by atoms with Crippen LogP contribution in [0.1, 0.15) is 40.0 Å². The zero-order chi connectivity index (χ0) is 11.8. The molecule has 0 radical (unpaired) electrons. The molecule has 2 aliphatic heterocycles. The van der Waals surface area contributed by atoms with Gasteiger partial charge in [-0.15, -0.1) is 0 Å². The molecule has 1 N–H and O–H groups in total. The van der Waals surface area contributed by atoms with E-state index in [0.717, 1.165) is 32.4 Å². The number of hydrogen-bond acceptors (Lipinski definition) is 3. The van der Waals surface area contributed by atoms with Crippen LogP contribution in [0.4, 0.5) is 4.79 Å². The molecule has 0 aromatic heterocycles. The molecule has 1 atom stereocenters. The van der Waals surface area contributed by atoms with Crippen molar-refractivity contribution in [3.8, 4) is 0 Å². The number of carbonyl (C=O) groups excluding carboxylic acids is 1. The molecule has 92 valence electrons. The molecule has 0 aromatic carbocycles. The Kier molecular flexibility index (Phi) is 2.86. The maximum atomic E-state index is 11.9. The number of carbonyl (C=O) groups is 1. The first-order valence-corrected chi connectivity index (χ1v) is 6.14. The lowest BCUT2D eigenvalue weighted by Gasteiger charge is -2.43.